The lowest BCUT2D eigenvalue weighted by atomic mass is 10.0. The van der Waals surface area contributed by atoms with Gasteiger partial charge >= 0.3 is 10.1 Å². The van der Waals surface area contributed by atoms with Crippen LogP contribution in [-0.4, -0.2) is 32.5 Å². The molecule has 6 rings (SSSR count). The van der Waals surface area contributed by atoms with E-state index in [1.54, 1.807) is 12.1 Å². The van der Waals surface area contributed by atoms with Crippen LogP contribution in [-0.2, 0) is 26.7 Å². The van der Waals surface area contributed by atoms with E-state index >= 15 is 0 Å². The molecule has 0 saturated heterocycles. The first kappa shape index (κ1) is 37.9. The van der Waals surface area contributed by atoms with Crippen LogP contribution in [0.15, 0.2) is 113 Å². The van der Waals surface area contributed by atoms with Crippen LogP contribution in [0.1, 0.15) is 23.6 Å². The standard InChI is InChI=1S/C16H18O.C14H10O3S.C6HF5O3S/c1-3-17-16-10-8-15(9-11-16)12-14-6-4-13(2)5-7-14;15-18(16,17)14-7-3-6-12-8-10-4-1-2-5-11(10)9-13(12)14;7-1-2(8)4(10)6(15(12,13)14)5(11)3(1)9/h4-11H,3,12H2,1-2H3;1-9H,(H,15,16,17);(H,12,13,14). The molecule has 6 aromatic carbocycles. The highest BCUT2D eigenvalue weighted by Crippen LogP contribution is 2.28. The van der Waals surface area contributed by atoms with E-state index in [4.69, 9.17) is 9.29 Å². The largest absolute Gasteiger partial charge is 0.494 e. The van der Waals surface area contributed by atoms with Crippen molar-refractivity contribution in [3.05, 3.63) is 149 Å². The van der Waals surface area contributed by atoms with E-state index in [0.717, 1.165) is 34.9 Å². The van der Waals surface area contributed by atoms with Gasteiger partial charge in [0.05, 0.1) is 6.61 Å². The molecule has 0 unspecified atom stereocenters. The first-order chi connectivity index (χ1) is 23.5. The van der Waals surface area contributed by atoms with Crippen molar-refractivity contribution in [2.75, 3.05) is 6.61 Å². The number of hydrogen-bond acceptors (Lipinski definition) is 5. The quantitative estimate of drug-likeness (QED) is 0.0578. The average Bonchev–Trinajstić information content (AvgIpc) is 3.07. The molecule has 0 bridgehead atoms. The Labute approximate surface area is 285 Å². The van der Waals surface area contributed by atoms with Crippen LogP contribution in [0.25, 0.3) is 21.5 Å². The van der Waals surface area contributed by atoms with Gasteiger partial charge in [0, 0.05) is 5.39 Å². The predicted octanol–water partition coefficient (Wildman–Crippen LogP) is 8.85. The zero-order chi connectivity index (χ0) is 36.8. The molecule has 2 N–H and O–H groups in total. The third kappa shape index (κ3) is 9.21. The molecule has 0 aliphatic rings. The van der Waals surface area contributed by atoms with Crippen molar-refractivity contribution in [1.82, 2.24) is 0 Å². The number of aryl methyl sites for hydroxylation is 1. The maximum Gasteiger partial charge on any atom is 0.300 e. The molecule has 7 nitrogen and oxygen atoms in total. The molecule has 0 heterocycles. The summed E-state index contributed by atoms with van der Waals surface area (Å²) in [4.78, 5) is -2.32. The maximum atomic E-state index is 12.6. The summed E-state index contributed by atoms with van der Waals surface area (Å²) < 4.78 is 129. The SMILES string of the molecule is CCOc1ccc(Cc2ccc(C)cc2)cc1.O=S(=O)(O)c1c(F)c(F)c(F)c(F)c1F.O=S(=O)(O)c1cccc2cc3ccccc3cc12. The lowest BCUT2D eigenvalue weighted by Crippen LogP contribution is -2.11. The third-order valence-electron chi connectivity index (χ3n) is 7.18. The van der Waals surface area contributed by atoms with E-state index in [1.165, 1.54) is 22.8 Å². The topological polar surface area (TPSA) is 118 Å². The Bertz CT molecular complexity index is 2340. The summed E-state index contributed by atoms with van der Waals surface area (Å²) in [5.74, 6) is -11.6. The van der Waals surface area contributed by atoms with Gasteiger partial charge in [0.25, 0.3) is 10.1 Å². The molecule has 0 atom stereocenters. The van der Waals surface area contributed by atoms with Crippen molar-refractivity contribution in [3.63, 3.8) is 0 Å². The van der Waals surface area contributed by atoms with E-state index in [9.17, 15) is 43.3 Å². The second kappa shape index (κ2) is 15.8. The van der Waals surface area contributed by atoms with E-state index in [1.807, 2.05) is 55.5 Å². The highest BCUT2D eigenvalue weighted by molar-refractivity contribution is 7.86. The van der Waals surface area contributed by atoms with E-state index in [0.29, 0.717) is 5.39 Å². The number of ether oxygens (including phenoxy) is 1. The molecule has 0 radical (unpaired) electrons. The van der Waals surface area contributed by atoms with Crippen LogP contribution < -0.4 is 4.74 Å². The van der Waals surface area contributed by atoms with E-state index in [2.05, 4.69) is 43.3 Å². The fourth-order valence-corrected chi connectivity index (χ4v) is 6.12. The predicted molar refractivity (Wildman–Crippen MR) is 179 cm³/mol. The molecule has 0 aromatic heterocycles. The number of benzene rings is 6. The summed E-state index contributed by atoms with van der Waals surface area (Å²) in [6, 6.07) is 33.3. The molecule has 262 valence electrons. The fraction of sp³-hybridized carbons (Fsp3) is 0.111. The molecule has 0 spiro atoms. The number of fused-ring (bicyclic) bond motifs is 2. The van der Waals surface area contributed by atoms with Crippen LogP contribution in [0.5, 0.6) is 5.75 Å². The highest BCUT2D eigenvalue weighted by atomic mass is 32.2. The minimum Gasteiger partial charge on any atom is -0.494 e. The van der Waals surface area contributed by atoms with Gasteiger partial charge < -0.3 is 4.74 Å². The van der Waals surface area contributed by atoms with Gasteiger partial charge in [0.2, 0.25) is 5.82 Å². The van der Waals surface area contributed by atoms with Crippen molar-refractivity contribution < 1.29 is 52.6 Å². The van der Waals surface area contributed by atoms with Gasteiger partial charge in [-0.15, -0.1) is 0 Å². The minimum absolute atomic E-state index is 0.0502. The number of hydrogen-bond donors (Lipinski definition) is 2. The first-order valence-electron chi connectivity index (χ1n) is 14.7. The Kier molecular flexibility index (Phi) is 12.0. The molecule has 0 aliphatic carbocycles. The first-order valence-corrected chi connectivity index (χ1v) is 17.5. The maximum absolute atomic E-state index is 12.6. The number of rotatable bonds is 6. The molecule has 0 fully saturated rings. The van der Waals surface area contributed by atoms with Gasteiger partial charge in [0.15, 0.2) is 28.2 Å². The van der Waals surface area contributed by atoms with Crippen LogP contribution >= 0.6 is 0 Å². The van der Waals surface area contributed by atoms with Gasteiger partial charge in [-0.1, -0.05) is 78.4 Å². The van der Waals surface area contributed by atoms with Gasteiger partial charge in [0.1, 0.15) is 10.6 Å². The van der Waals surface area contributed by atoms with E-state index < -0.39 is 54.2 Å². The van der Waals surface area contributed by atoms with Gasteiger partial charge in [-0.2, -0.15) is 16.8 Å². The summed E-state index contributed by atoms with van der Waals surface area (Å²) in [5.41, 5.74) is 3.97. The van der Waals surface area contributed by atoms with Crippen LogP contribution in [0, 0.1) is 36.0 Å². The summed E-state index contributed by atoms with van der Waals surface area (Å²) >= 11 is 0. The number of halogens is 5. The highest BCUT2D eigenvalue weighted by Gasteiger charge is 2.32. The van der Waals surface area contributed by atoms with Crippen LogP contribution in [0.4, 0.5) is 22.0 Å². The minimum atomic E-state index is -5.52. The summed E-state index contributed by atoms with van der Waals surface area (Å²) in [6.45, 7) is 4.83. The summed E-state index contributed by atoms with van der Waals surface area (Å²) in [5, 5.41) is 3.32. The zero-order valence-electron chi connectivity index (χ0n) is 26.4. The lowest BCUT2D eigenvalue weighted by molar-refractivity contribution is 0.340. The second-order valence-electron chi connectivity index (χ2n) is 10.8. The second-order valence-corrected chi connectivity index (χ2v) is 13.5. The lowest BCUT2D eigenvalue weighted by Gasteiger charge is -2.05. The fourth-order valence-electron chi connectivity index (χ4n) is 4.79. The van der Waals surface area contributed by atoms with Crippen LogP contribution in [0.2, 0.25) is 0 Å². The smallest absolute Gasteiger partial charge is 0.300 e. The third-order valence-corrected chi connectivity index (χ3v) is 8.96. The molecular weight excluding hydrogens is 704 g/mol. The van der Waals surface area contributed by atoms with Crippen molar-refractivity contribution in [2.24, 2.45) is 0 Å². The molecule has 14 heteroatoms. The molecule has 0 saturated carbocycles. The van der Waals surface area contributed by atoms with Crippen molar-refractivity contribution in [1.29, 1.82) is 0 Å². The van der Waals surface area contributed by atoms with Crippen molar-refractivity contribution in [2.45, 2.75) is 30.1 Å². The summed E-state index contributed by atoms with van der Waals surface area (Å²) in [6.07, 6.45) is 0.979. The zero-order valence-corrected chi connectivity index (χ0v) is 28.0. The van der Waals surface area contributed by atoms with Gasteiger partial charge in [-0.25, -0.2) is 22.0 Å². The average molecular weight is 733 g/mol. The van der Waals surface area contributed by atoms with Crippen molar-refractivity contribution in [3.8, 4) is 5.75 Å². The Morgan fingerprint density at radius 3 is 1.56 bits per heavy atom. The van der Waals surface area contributed by atoms with Gasteiger partial charge in [-0.05, 0) is 77.9 Å². The van der Waals surface area contributed by atoms with Crippen LogP contribution in [0.3, 0.4) is 0 Å². The Morgan fingerprint density at radius 1 is 0.580 bits per heavy atom. The Morgan fingerprint density at radius 2 is 1.06 bits per heavy atom. The van der Waals surface area contributed by atoms with Gasteiger partial charge in [-0.3, -0.25) is 9.11 Å². The molecule has 0 aliphatic heterocycles. The monoisotopic (exact) mass is 732 g/mol. The summed E-state index contributed by atoms with van der Waals surface area (Å²) in [7, 11) is -9.72. The normalized spacial score (nSPS) is 11.4. The molecule has 50 heavy (non-hydrogen) atoms. The molecule has 0 amide bonds. The Hall–Kier alpha value is -4.89. The molecule has 6 aromatic rings. The molecular formula is C36H29F5O7S2. The van der Waals surface area contributed by atoms with E-state index in [-0.39, 0.29) is 4.90 Å². The Balaban J connectivity index is 0.000000169. The van der Waals surface area contributed by atoms with Crippen molar-refractivity contribution >= 4 is 41.8 Å².